The van der Waals surface area contributed by atoms with Crippen LogP contribution in [0.5, 0.6) is 0 Å². The number of fused-ring (bicyclic) bond motifs is 7. The fourth-order valence-electron chi connectivity index (χ4n) is 16.8. The summed E-state index contributed by atoms with van der Waals surface area (Å²) in [6.07, 6.45) is -29.2. The highest BCUT2D eigenvalue weighted by atomic mass is 16.8. The van der Waals surface area contributed by atoms with Crippen LogP contribution in [0.3, 0.4) is 0 Å². The lowest BCUT2D eigenvalue weighted by Crippen LogP contribution is -2.71. The lowest BCUT2D eigenvalue weighted by atomic mass is 9.32. The zero-order chi connectivity index (χ0) is 57.1. The third-order valence-corrected chi connectivity index (χ3v) is 21.7. The number of hydrogen-bond donors (Lipinski definition) is 16. The molecule has 9 aliphatic rings. The largest absolute Gasteiger partial charge is 0.396 e. The maximum absolute atomic E-state index is 12.8. The molecule has 4 heterocycles. The predicted octanol–water partition coefficient (Wildman–Crippen LogP) is -3.62. The van der Waals surface area contributed by atoms with Crippen molar-refractivity contribution in [2.45, 2.75) is 241 Å². The summed E-state index contributed by atoms with van der Waals surface area (Å²) in [7, 11) is 0. The molecule has 0 unspecified atom stereocenters. The Morgan fingerprint density at radius 1 is 0.500 bits per heavy atom. The molecule has 4 saturated heterocycles. The molecular formula is C54H90O24. The smallest absolute Gasteiger partial charge is 0.187 e. The average Bonchev–Trinajstić information content (AvgIpc) is 2.43. The molecule has 8 fully saturated rings. The summed E-state index contributed by atoms with van der Waals surface area (Å²) in [6.45, 7) is 11.4. The van der Waals surface area contributed by atoms with Gasteiger partial charge in [0.05, 0.1) is 57.5 Å². The van der Waals surface area contributed by atoms with Gasteiger partial charge in [0.15, 0.2) is 25.2 Å². The second kappa shape index (κ2) is 22.3. The molecule has 0 radical (unpaired) electrons. The van der Waals surface area contributed by atoms with Crippen molar-refractivity contribution in [1.82, 2.24) is 0 Å². The van der Waals surface area contributed by atoms with E-state index in [4.69, 9.17) is 37.9 Å². The lowest BCUT2D eigenvalue weighted by Gasteiger charge is -2.73. The van der Waals surface area contributed by atoms with E-state index in [9.17, 15) is 81.7 Å². The molecule has 450 valence electrons. The molecule has 0 aromatic heterocycles. The zero-order valence-electron chi connectivity index (χ0n) is 45.7. The Labute approximate surface area is 454 Å². The molecule has 0 spiro atoms. The first kappa shape index (κ1) is 61.3. The van der Waals surface area contributed by atoms with E-state index in [0.29, 0.717) is 44.9 Å². The van der Waals surface area contributed by atoms with Crippen LogP contribution in [-0.4, -0.2) is 256 Å². The first-order chi connectivity index (χ1) is 36.6. The van der Waals surface area contributed by atoms with Crippen molar-refractivity contribution >= 4 is 0 Å². The Kier molecular flexibility index (Phi) is 17.6. The van der Waals surface area contributed by atoms with Crippen molar-refractivity contribution in [3.05, 3.63) is 11.6 Å². The van der Waals surface area contributed by atoms with Crippen LogP contribution in [0, 0.1) is 50.2 Å². The van der Waals surface area contributed by atoms with Crippen molar-refractivity contribution in [1.29, 1.82) is 0 Å². The van der Waals surface area contributed by atoms with E-state index >= 15 is 0 Å². The van der Waals surface area contributed by atoms with Gasteiger partial charge >= 0.3 is 0 Å². The Morgan fingerprint density at radius 3 is 1.59 bits per heavy atom. The molecule has 31 atom stereocenters. The van der Waals surface area contributed by atoms with Gasteiger partial charge in [0.25, 0.3) is 0 Å². The van der Waals surface area contributed by atoms with Crippen molar-refractivity contribution in [3.63, 3.8) is 0 Å². The standard InChI is InChI=1S/C54H90O24/c1-22-32(61)42(77-48-43(38(67)35(64)28(19-57)74-48)78-46-40(69)37(66)34(63)27(18-56)73-46)41(70)47(71-22)75-30-9-10-50(4)29(51(30,5)20-58)8-11-52(6)44(50)25(60)14-23-24-15-49(2,3)12-13-54(24,21-59)31(16-53(23,52)7)76-45-39(68)36(65)33(62)26(17-55)72-45/h14,22,24-48,55-70H,8-13,15-21H2,1-7H3/t22-,24+,25-,26-,27-,28-,29-,30+,31+,32+,33-,34-,35-,36+,37+,38+,39-,40-,41-,42+,43-,44-,45+,46+,47+,48+,50+,51+,52-,53-,54-/m1/s1. The molecule has 0 amide bonds. The van der Waals surface area contributed by atoms with Crippen molar-refractivity contribution in [2.75, 3.05) is 33.0 Å². The van der Waals surface area contributed by atoms with Crippen LogP contribution in [-0.2, 0) is 37.9 Å². The number of ether oxygens (including phenoxy) is 8. The lowest BCUT2D eigenvalue weighted by molar-refractivity contribution is -0.391. The van der Waals surface area contributed by atoms with Gasteiger partial charge in [-0.25, -0.2) is 0 Å². The quantitative estimate of drug-likeness (QED) is 0.0625. The Bertz CT molecular complexity index is 2100. The van der Waals surface area contributed by atoms with Gasteiger partial charge in [-0.1, -0.05) is 53.2 Å². The van der Waals surface area contributed by atoms with Crippen molar-refractivity contribution in [2.24, 2.45) is 50.2 Å². The van der Waals surface area contributed by atoms with E-state index in [1.807, 2.05) is 13.0 Å². The van der Waals surface area contributed by atoms with Crippen LogP contribution < -0.4 is 0 Å². The minimum atomic E-state index is -1.95. The van der Waals surface area contributed by atoms with E-state index in [1.54, 1.807) is 0 Å². The first-order valence-electron chi connectivity index (χ1n) is 28.1. The summed E-state index contributed by atoms with van der Waals surface area (Å²) in [6, 6.07) is 0. The second-order valence-electron chi connectivity index (χ2n) is 26.4. The maximum Gasteiger partial charge on any atom is 0.187 e. The average molecular weight is 1120 g/mol. The Hall–Kier alpha value is -1.22. The predicted molar refractivity (Wildman–Crippen MR) is 265 cm³/mol. The monoisotopic (exact) mass is 1120 g/mol. The minimum Gasteiger partial charge on any atom is -0.396 e. The molecule has 9 rings (SSSR count). The van der Waals surface area contributed by atoms with E-state index in [2.05, 4.69) is 34.6 Å². The topological polar surface area (TPSA) is 398 Å². The van der Waals surface area contributed by atoms with Crippen LogP contribution in [0.15, 0.2) is 11.6 Å². The van der Waals surface area contributed by atoms with Gasteiger partial charge in [0.1, 0.15) is 91.6 Å². The third kappa shape index (κ3) is 9.71. The normalized spacial score (nSPS) is 56.2. The van der Waals surface area contributed by atoms with Crippen LogP contribution in [0.4, 0.5) is 0 Å². The number of allylic oxidation sites excluding steroid dienone is 1. The highest BCUT2D eigenvalue weighted by Crippen LogP contribution is 2.76. The van der Waals surface area contributed by atoms with Gasteiger partial charge < -0.3 is 120 Å². The second-order valence-corrected chi connectivity index (χ2v) is 26.4. The van der Waals surface area contributed by atoms with E-state index in [0.717, 1.165) is 12.0 Å². The molecule has 0 aromatic carbocycles. The van der Waals surface area contributed by atoms with Crippen LogP contribution in [0.2, 0.25) is 0 Å². The van der Waals surface area contributed by atoms with Crippen LogP contribution in [0.25, 0.3) is 0 Å². The molecule has 78 heavy (non-hydrogen) atoms. The summed E-state index contributed by atoms with van der Waals surface area (Å²) in [5, 5.41) is 176. The van der Waals surface area contributed by atoms with Gasteiger partial charge in [0, 0.05) is 16.7 Å². The fourth-order valence-corrected chi connectivity index (χ4v) is 16.8. The molecule has 4 aliphatic heterocycles. The molecule has 16 N–H and O–H groups in total. The molecule has 0 bridgehead atoms. The van der Waals surface area contributed by atoms with Gasteiger partial charge in [0.2, 0.25) is 0 Å². The van der Waals surface area contributed by atoms with Crippen molar-refractivity contribution < 1.29 is 120 Å². The van der Waals surface area contributed by atoms with Crippen LogP contribution >= 0.6 is 0 Å². The Morgan fingerprint density at radius 2 is 1.03 bits per heavy atom. The number of aliphatic hydroxyl groups is 16. The number of aliphatic hydroxyl groups excluding tert-OH is 16. The van der Waals surface area contributed by atoms with Crippen LogP contribution in [0.1, 0.15) is 99.8 Å². The fraction of sp³-hybridized carbons (Fsp3) is 0.963. The summed E-state index contributed by atoms with van der Waals surface area (Å²) >= 11 is 0. The Balaban J connectivity index is 0.979. The summed E-state index contributed by atoms with van der Waals surface area (Å²) in [5.74, 6) is -0.992. The van der Waals surface area contributed by atoms with E-state index < -0.39 is 194 Å². The third-order valence-electron chi connectivity index (χ3n) is 21.7. The first-order valence-corrected chi connectivity index (χ1v) is 28.1. The highest BCUT2D eigenvalue weighted by molar-refractivity contribution is 5.37. The molecule has 5 aliphatic carbocycles. The summed E-state index contributed by atoms with van der Waals surface area (Å²) < 4.78 is 49.0. The van der Waals surface area contributed by atoms with Gasteiger partial charge in [-0.15, -0.1) is 0 Å². The molecule has 24 nitrogen and oxygen atoms in total. The van der Waals surface area contributed by atoms with E-state index in [-0.39, 0.29) is 30.5 Å². The van der Waals surface area contributed by atoms with Gasteiger partial charge in [-0.2, -0.15) is 0 Å². The maximum atomic E-state index is 12.8. The summed E-state index contributed by atoms with van der Waals surface area (Å²) in [5.41, 5.74) is -3.04. The minimum absolute atomic E-state index is 0.158. The molecule has 4 saturated carbocycles. The van der Waals surface area contributed by atoms with E-state index in [1.165, 1.54) is 6.92 Å². The SMILES string of the molecule is C[C@H]1O[C@@H](O[C@H]2CC[C@@]3(C)[C@@H](CC[C@]4(C)[C@@H]3[C@H](O)C=C3[C@@H]5CC(C)(C)CC[C@]5(CO)[C@@H](O[C@@H]5O[C@H](CO)[C@@H](O)[C@H](O)[C@H]5O)C[C@]34C)[C@]2(C)CO)[C@H](O)[C@@H](O[C@@H]2O[C@H](CO)[C@@H](O)[C@H](O)[C@H]2O[C@@H]2O[C@H](CO)[C@@H](O)[C@H](O)[C@H]2O)[C@H]1O. The molecular weight excluding hydrogens is 1030 g/mol. The van der Waals surface area contributed by atoms with Gasteiger partial charge in [-0.3, -0.25) is 0 Å². The summed E-state index contributed by atoms with van der Waals surface area (Å²) in [4.78, 5) is 0. The van der Waals surface area contributed by atoms with Gasteiger partial charge in [-0.05, 0) is 91.8 Å². The molecule has 0 aromatic rings. The number of rotatable bonds is 13. The van der Waals surface area contributed by atoms with Crippen molar-refractivity contribution in [3.8, 4) is 0 Å². The number of hydrogen-bond acceptors (Lipinski definition) is 24. The highest BCUT2D eigenvalue weighted by Gasteiger charge is 2.73. The zero-order valence-corrected chi connectivity index (χ0v) is 45.7. The molecule has 24 heteroatoms.